The Labute approximate surface area is 215 Å². The van der Waals surface area contributed by atoms with Crippen LogP contribution in [0.2, 0.25) is 0 Å². The number of benzene rings is 1. The molecule has 0 aliphatic carbocycles. The lowest BCUT2D eigenvalue weighted by atomic mass is 10.0. The van der Waals surface area contributed by atoms with Gasteiger partial charge in [0.25, 0.3) is 0 Å². The van der Waals surface area contributed by atoms with Crippen LogP contribution in [0.4, 0.5) is 0 Å². The molecule has 37 heavy (non-hydrogen) atoms. The van der Waals surface area contributed by atoms with Gasteiger partial charge in [-0.3, -0.25) is 14.1 Å². The van der Waals surface area contributed by atoms with Crippen molar-refractivity contribution in [3.05, 3.63) is 82.9 Å². The molecule has 10 nitrogen and oxygen atoms in total. The lowest BCUT2D eigenvalue weighted by Crippen LogP contribution is -2.30. The molecule has 5 aromatic rings. The summed E-state index contributed by atoms with van der Waals surface area (Å²) in [6, 6.07) is 13.8. The maximum absolute atomic E-state index is 13.6. The number of nitrogens with one attached hydrogen (secondary N) is 1. The second-order valence-corrected chi connectivity index (χ2v) is 10.1. The summed E-state index contributed by atoms with van der Waals surface area (Å²) in [6.07, 6.45) is 8.39. The number of pyridine rings is 1. The molecule has 0 saturated carbocycles. The number of tetrazole rings is 1. The van der Waals surface area contributed by atoms with Gasteiger partial charge >= 0.3 is 5.69 Å². The highest BCUT2D eigenvalue weighted by Crippen LogP contribution is 2.29. The van der Waals surface area contributed by atoms with Gasteiger partial charge in [0, 0.05) is 35.3 Å². The monoisotopic (exact) mass is 497 g/mol. The molecule has 0 atom stereocenters. The van der Waals surface area contributed by atoms with Gasteiger partial charge in [-0.15, -0.1) is 5.10 Å². The van der Waals surface area contributed by atoms with E-state index in [1.807, 2.05) is 64.1 Å². The van der Waals surface area contributed by atoms with E-state index < -0.39 is 0 Å². The minimum absolute atomic E-state index is 0.0915. The van der Waals surface area contributed by atoms with Crippen LogP contribution < -0.4 is 5.69 Å². The zero-order valence-electron chi connectivity index (χ0n) is 21.6. The van der Waals surface area contributed by atoms with Crippen molar-refractivity contribution in [3.8, 4) is 28.3 Å². The summed E-state index contributed by atoms with van der Waals surface area (Å²) >= 11 is 0. The summed E-state index contributed by atoms with van der Waals surface area (Å²) in [4.78, 5) is 18.3. The summed E-state index contributed by atoms with van der Waals surface area (Å²) in [5.41, 5.74) is 4.27. The molecule has 0 radical (unpaired) electrons. The van der Waals surface area contributed by atoms with E-state index in [0.29, 0.717) is 12.4 Å². The van der Waals surface area contributed by atoms with E-state index >= 15 is 0 Å². The number of aryl methyl sites for hydroxylation is 1. The molecule has 0 spiro atoms. The normalized spacial score (nSPS) is 11.8. The molecule has 190 valence electrons. The van der Waals surface area contributed by atoms with E-state index in [0.717, 1.165) is 53.2 Å². The molecule has 1 N–H and O–H groups in total. The van der Waals surface area contributed by atoms with E-state index in [2.05, 4.69) is 53.4 Å². The molecule has 4 heterocycles. The molecular weight excluding hydrogens is 466 g/mol. The average Bonchev–Trinajstić information content (AvgIpc) is 3.65. The average molecular weight is 498 g/mol. The van der Waals surface area contributed by atoms with Crippen molar-refractivity contribution in [3.63, 3.8) is 0 Å². The zero-order chi connectivity index (χ0) is 26.0. The number of hydrogen-bond acceptors (Lipinski definition) is 6. The first-order chi connectivity index (χ1) is 17.9. The number of aromatic nitrogens is 9. The van der Waals surface area contributed by atoms with Crippen molar-refractivity contribution in [2.24, 2.45) is 0 Å². The maximum atomic E-state index is 13.6. The molecule has 1 aromatic carbocycles. The van der Waals surface area contributed by atoms with Crippen LogP contribution in [0.25, 0.3) is 28.3 Å². The number of rotatable bonds is 8. The molecular formula is C27H31N9O. The Bertz CT molecular complexity index is 1530. The molecule has 10 heteroatoms. The molecule has 0 saturated heterocycles. The highest BCUT2D eigenvalue weighted by atomic mass is 16.1. The van der Waals surface area contributed by atoms with E-state index in [1.54, 1.807) is 10.8 Å². The first-order valence-corrected chi connectivity index (χ1v) is 12.5. The number of imidazole rings is 1. The van der Waals surface area contributed by atoms with Gasteiger partial charge in [0.05, 0.1) is 24.0 Å². The van der Waals surface area contributed by atoms with Crippen LogP contribution in [0.15, 0.2) is 65.8 Å². The van der Waals surface area contributed by atoms with Crippen molar-refractivity contribution >= 4 is 0 Å². The van der Waals surface area contributed by atoms with Crippen LogP contribution in [0.1, 0.15) is 51.9 Å². The molecule has 0 amide bonds. The summed E-state index contributed by atoms with van der Waals surface area (Å²) in [6.45, 7) is 8.77. The largest absolute Gasteiger partial charge is 0.334 e. The highest BCUT2D eigenvalue weighted by molar-refractivity contribution is 5.79. The van der Waals surface area contributed by atoms with Gasteiger partial charge < -0.3 is 0 Å². The molecule has 5 rings (SSSR count). The molecule has 0 aliphatic heterocycles. The number of unbranched alkanes of at least 4 members (excludes halogenated alkanes) is 1. The zero-order valence-corrected chi connectivity index (χ0v) is 21.6. The van der Waals surface area contributed by atoms with Gasteiger partial charge in [-0.1, -0.05) is 43.7 Å². The minimum Gasteiger partial charge on any atom is -0.290 e. The second-order valence-electron chi connectivity index (χ2n) is 10.1. The van der Waals surface area contributed by atoms with Crippen molar-refractivity contribution in [2.75, 3.05) is 0 Å². The van der Waals surface area contributed by atoms with Crippen molar-refractivity contribution < 1.29 is 0 Å². The Hall–Kier alpha value is -4.34. The first kappa shape index (κ1) is 24.4. The van der Waals surface area contributed by atoms with Crippen molar-refractivity contribution in [2.45, 2.75) is 59.0 Å². The number of H-pyrrole nitrogens is 1. The Morgan fingerprint density at radius 2 is 1.84 bits per heavy atom. The lowest BCUT2D eigenvalue weighted by molar-refractivity contribution is 0.351. The quantitative estimate of drug-likeness (QED) is 0.343. The Balaban J connectivity index is 1.48. The molecule has 4 aromatic heterocycles. The third-order valence-corrected chi connectivity index (χ3v) is 6.34. The van der Waals surface area contributed by atoms with Crippen LogP contribution in [-0.2, 0) is 18.5 Å². The topological polar surface area (TPSA) is 112 Å². The van der Waals surface area contributed by atoms with Crippen LogP contribution in [-0.4, -0.2) is 44.5 Å². The summed E-state index contributed by atoms with van der Waals surface area (Å²) in [7, 11) is 0. The van der Waals surface area contributed by atoms with Crippen LogP contribution in [0, 0.1) is 0 Å². The number of aromatic amines is 1. The Morgan fingerprint density at radius 3 is 2.51 bits per heavy atom. The summed E-state index contributed by atoms with van der Waals surface area (Å²) < 4.78 is 5.42. The fraction of sp³-hybridized carbons (Fsp3) is 0.333. The van der Waals surface area contributed by atoms with Gasteiger partial charge in [0.1, 0.15) is 5.82 Å². The second kappa shape index (κ2) is 9.96. The summed E-state index contributed by atoms with van der Waals surface area (Å²) in [5, 5.41) is 18.7. The van der Waals surface area contributed by atoms with Crippen molar-refractivity contribution in [1.82, 2.24) is 44.5 Å². The third-order valence-electron chi connectivity index (χ3n) is 6.34. The van der Waals surface area contributed by atoms with E-state index in [-0.39, 0.29) is 11.2 Å². The number of nitrogens with zero attached hydrogens (tertiary/aromatic N) is 8. The highest BCUT2D eigenvalue weighted by Gasteiger charge is 2.22. The van der Waals surface area contributed by atoms with Gasteiger partial charge in [0.2, 0.25) is 0 Å². The van der Waals surface area contributed by atoms with Gasteiger partial charge in [-0.2, -0.15) is 5.10 Å². The SMILES string of the molecule is CCCCc1cn(-c2ccnn2C(C)(C)C)c(=O)n1Cc1ccc(-c2ccccc2-c2nnn[nH]2)cn1. The fourth-order valence-corrected chi connectivity index (χ4v) is 4.47. The van der Waals surface area contributed by atoms with Gasteiger partial charge in [-0.05, 0) is 55.7 Å². The predicted octanol–water partition coefficient (Wildman–Crippen LogP) is 4.22. The molecule has 0 unspecified atom stereocenters. The molecule has 0 aliphatic rings. The minimum atomic E-state index is -0.251. The number of hydrogen-bond donors (Lipinski definition) is 1. The van der Waals surface area contributed by atoms with E-state index in [9.17, 15) is 4.79 Å². The van der Waals surface area contributed by atoms with Crippen LogP contribution >= 0.6 is 0 Å². The summed E-state index contributed by atoms with van der Waals surface area (Å²) in [5.74, 6) is 1.36. The molecule has 0 bridgehead atoms. The van der Waals surface area contributed by atoms with Crippen LogP contribution in [0.3, 0.4) is 0 Å². The van der Waals surface area contributed by atoms with Gasteiger partial charge in [0.15, 0.2) is 5.82 Å². The lowest BCUT2D eigenvalue weighted by Gasteiger charge is -2.22. The smallest absolute Gasteiger partial charge is 0.290 e. The third kappa shape index (κ3) is 4.87. The van der Waals surface area contributed by atoms with E-state index in [4.69, 9.17) is 4.98 Å². The van der Waals surface area contributed by atoms with Crippen molar-refractivity contribution in [1.29, 1.82) is 0 Å². The standard InChI is InChI=1S/C27H31N9O/c1-5-6-9-21-18-35(24-14-15-29-36(24)27(2,3)4)26(37)34(21)17-20-13-12-19(16-28-20)22-10-7-8-11-23(22)25-30-32-33-31-25/h7-8,10-16,18H,5-6,9,17H2,1-4H3,(H,30,31,32,33). The first-order valence-electron chi connectivity index (χ1n) is 12.5. The molecule has 0 fully saturated rings. The predicted molar refractivity (Wildman–Crippen MR) is 141 cm³/mol. The maximum Gasteiger partial charge on any atom is 0.334 e. The Morgan fingerprint density at radius 1 is 1.03 bits per heavy atom. The van der Waals surface area contributed by atoms with Gasteiger partial charge in [-0.25, -0.2) is 14.6 Å². The van der Waals surface area contributed by atoms with E-state index in [1.165, 1.54) is 0 Å². The fourth-order valence-electron chi connectivity index (χ4n) is 4.47. The van der Waals surface area contributed by atoms with Crippen LogP contribution in [0.5, 0.6) is 0 Å². The Kier molecular flexibility index (Phi) is 6.56.